The Bertz CT molecular complexity index is 760. The zero-order valence-corrected chi connectivity index (χ0v) is 19.1. The number of likely N-dealkylation sites (tertiary alicyclic amines) is 1. The van der Waals surface area contributed by atoms with Crippen molar-refractivity contribution in [3.05, 3.63) is 18.0 Å². The summed E-state index contributed by atoms with van der Waals surface area (Å²) in [4.78, 5) is 9.13. The number of nitrogens with one attached hydrogen (secondary N) is 1. The Labute approximate surface area is 180 Å². The molecule has 2 fully saturated rings. The van der Waals surface area contributed by atoms with Crippen LogP contribution in [0.2, 0.25) is 0 Å². The second kappa shape index (κ2) is 11.1. The number of piperazine rings is 1. The summed E-state index contributed by atoms with van der Waals surface area (Å²) in [5, 5.41) is 7.16. The number of nitrogens with zero attached hydrogens (tertiary/aromatic N) is 5. The number of aromatic nitrogens is 1. The minimum Gasteiger partial charge on any atom is -0.364 e. The van der Waals surface area contributed by atoms with Crippen LogP contribution < -0.4 is 5.32 Å². The van der Waals surface area contributed by atoms with Crippen molar-refractivity contribution in [2.24, 2.45) is 4.99 Å². The van der Waals surface area contributed by atoms with E-state index in [1.165, 1.54) is 49.3 Å². The zero-order chi connectivity index (χ0) is 21.4. The summed E-state index contributed by atoms with van der Waals surface area (Å²) in [5.41, 5.74) is 0.439. The van der Waals surface area contributed by atoms with Gasteiger partial charge in [-0.1, -0.05) is 11.6 Å². The lowest BCUT2D eigenvalue weighted by atomic mass is 10.0. The van der Waals surface area contributed by atoms with Crippen molar-refractivity contribution in [3.8, 4) is 0 Å². The highest BCUT2D eigenvalue weighted by molar-refractivity contribution is 7.88. The van der Waals surface area contributed by atoms with E-state index in [9.17, 15) is 8.42 Å². The highest BCUT2D eigenvalue weighted by atomic mass is 32.2. The standard InChI is InChI=1S/C20H36N6O3S/c1-18-7-3-5-10-24(18)11-6-4-9-22-20(21-2)25-12-14-26(15-13-25)30(27,28)17-19-8-16-29-23-19/h8,16,18H,3-7,9-15,17H2,1-2H3,(H,21,22). The molecule has 2 aliphatic heterocycles. The molecule has 3 heterocycles. The number of sulfonamides is 1. The van der Waals surface area contributed by atoms with E-state index in [4.69, 9.17) is 4.52 Å². The molecule has 0 aromatic carbocycles. The smallest absolute Gasteiger partial charge is 0.220 e. The third-order valence-electron chi connectivity index (χ3n) is 6.06. The fraction of sp³-hybridized carbons (Fsp3) is 0.800. The first-order valence-electron chi connectivity index (χ1n) is 11.1. The maximum absolute atomic E-state index is 12.6. The summed E-state index contributed by atoms with van der Waals surface area (Å²) in [6.45, 7) is 7.79. The van der Waals surface area contributed by atoms with Crippen molar-refractivity contribution in [2.45, 2.75) is 50.8 Å². The third-order valence-corrected chi connectivity index (χ3v) is 7.87. The lowest BCUT2D eigenvalue weighted by Gasteiger charge is -2.36. The van der Waals surface area contributed by atoms with Gasteiger partial charge in [0.15, 0.2) is 5.96 Å². The predicted molar refractivity (Wildman–Crippen MR) is 118 cm³/mol. The van der Waals surface area contributed by atoms with Gasteiger partial charge in [-0.05, 0) is 45.7 Å². The van der Waals surface area contributed by atoms with Crippen LogP contribution >= 0.6 is 0 Å². The molecule has 1 atom stereocenters. The van der Waals surface area contributed by atoms with Gasteiger partial charge in [0.05, 0.1) is 5.69 Å². The molecule has 0 amide bonds. The largest absolute Gasteiger partial charge is 0.364 e. The molecule has 0 spiro atoms. The minimum absolute atomic E-state index is 0.119. The first-order valence-corrected chi connectivity index (χ1v) is 12.7. The van der Waals surface area contributed by atoms with Gasteiger partial charge in [-0.2, -0.15) is 4.31 Å². The molecule has 1 aromatic rings. The summed E-state index contributed by atoms with van der Waals surface area (Å²) in [7, 11) is -1.60. The molecule has 0 saturated carbocycles. The molecule has 0 aliphatic carbocycles. The zero-order valence-electron chi connectivity index (χ0n) is 18.3. The molecular formula is C20H36N6O3S. The van der Waals surface area contributed by atoms with Crippen molar-refractivity contribution in [2.75, 3.05) is 52.9 Å². The molecule has 30 heavy (non-hydrogen) atoms. The van der Waals surface area contributed by atoms with E-state index in [-0.39, 0.29) is 5.75 Å². The SMILES string of the molecule is CN=C(NCCCCN1CCCCC1C)N1CCN(S(=O)(=O)Cc2ccon2)CC1. The number of guanidine groups is 1. The maximum atomic E-state index is 12.6. The van der Waals surface area contributed by atoms with Gasteiger partial charge < -0.3 is 19.6 Å². The van der Waals surface area contributed by atoms with E-state index in [0.29, 0.717) is 31.9 Å². The molecule has 0 bridgehead atoms. The summed E-state index contributed by atoms with van der Waals surface area (Å²) in [5.74, 6) is 0.737. The van der Waals surface area contributed by atoms with Gasteiger partial charge in [0.2, 0.25) is 10.0 Å². The Hall–Kier alpha value is -1.65. The van der Waals surface area contributed by atoms with Gasteiger partial charge in [-0.15, -0.1) is 0 Å². The van der Waals surface area contributed by atoms with Gasteiger partial charge in [0.25, 0.3) is 0 Å². The summed E-state index contributed by atoms with van der Waals surface area (Å²) in [6, 6.07) is 2.31. The lowest BCUT2D eigenvalue weighted by Crippen LogP contribution is -2.54. The molecule has 0 radical (unpaired) electrons. The molecule has 2 aliphatic rings. The van der Waals surface area contributed by atoms with E-state index in [0.717, 1.165) is 25.0 Å². The van der Waals surface area contributed by atoms with Crippen LogP contribution in [0, 0.1) is 0 Å². The number of hydrogen-bond acceptors (Lipinski definition) is 6. The van der Waals surface area contributed by atoms with Crippen molar-refractivity contribution >= 4 is 16.0 Å². The quantitative estimate of drug-likeness (QED) is 0.370. The Morgan fingerprint density at radius 1 is 1.23 bits per heavy atom. The van der Waals surface area contributed by atoms with Gasteiger partial charge in [0, 0.05) is 51.9 Å². The van der Waals surface area contributed by atoms with Crippen LogP contribution in [0.15, 0.2) is 21.8 Å². The highest BCUT2D eigenvalue weighted by Gasteiger charge is 2.29. The first kappa shape index (κ1) is 23.0. The van der Waals surface area contributed by atoms with Crippen LogP contribution in [0.3, 0.4) is 0 Å². The topological polar surface area (TPSA) is 94.3 Å². The fourth-order valence-corrected chi connectivity index (χ4v) is 5.66. The Morgan fingerprint density at radius 2 is 2.03 bits per heavy atom. The average molecular weight is 441 g/mol. The van der Waals surface area contributed by atoms with Gasteiger partial charge in [-0.3, -0.25) is 4.99 Å². The molecule has 2 saturated heterocycles. The number of unbranched alkanes of at least 4 members (excludes halogenated alkanes) is 1. The molecule has 1 unspecified atom stereocenters. The third kappa shape index (κ3) is 6.42. The summed E-state index contributed by atoms with van der Waals surface area (Å²) >= 11 is 0. The van der Waals surface area contributed by atoms with Crippen molar-refractivity contribution in [1.29, 1.82) is 0 Å². The van der Waals surface area contributed by atoms with Crippen LogP contribution in [-0.2, 0) is 15.8 Å². The fourth-order valence-electron chi connectivity index (χ4n) is 4.23. The Kier molecular flexibility index (Phi) is 8.52. The lowest BCUT2D eigenvalue weighted by molar-refractivity contribution is 0.158. The second-order valence-electron chi connectivity index (χ2n) is 8.19. The van der Waals surface area contributed by atoms with Crippen molar-refractivity contribution in [3.63, 3.8) is 0 Å². The van der Waals surface area contributed by atoms with E-state index in [1.807, 2.05) is 0 Å². The average Bonchev–Trinajstić information content (AvgIpc) is 3.24. The van der Waals surface area contributed by atoms with E-state index >= 15 is 0 Å². The van der Waals surface area contributed by atoms with Gasteiger partial charge >= 0.3 is 0 Å². The molecule has 10 heteroatoms. The van der Waals surface area contributed by atoms with Crippen LogP contribution in [0.1, 0.15) is 44.7 Å². The number of rotatable bonds is 8. The van der Waals surface area contributed by atoms with Crippen molar-refractivity contribution < 1.29 is 12.9 Å². The maximum Gasteiger partial charge on any atom is 0.220 e. The number of hydrogen-bond donors (Lipinski definition) is 1. The van der Waals surface area contributed by atoms with E-state index < -0.39 is 10.0 Å². The molecule has 1 aromatic heterocycles. The Balaban J connectivity index is 1.36. The van der Waals surface area contributed by atoms with Gasteiger partial charge in [0.1, 0.15) is 12.0 Å². The predicted octanol–water partition coefficient (Wildman–Crippen LogP) is 1.35. The molecule has 9 nitrogen and oxygen atoms in total. The van der Waals surface area contributed by atoms with Crippen LogP contribution in [0.25, 0.3) is 0 Å². The van der Waals surface area contributed by atoms with E-state index in [1.54, 1.807) is 13.1 Å². The van der Waals surface area contributed by atoms with Crippen LogP contribution in [-0.4, -0.2) is 92.5 Å². The van der Waals surface area contributed by atoms with Crippen LogP contribution in [0.5, 0.6) is 0 Å². The highest BCUT2D eigenvalue weighted by Crippen LogP contribution is 2.16. The summed E-state index contributed by atoms with van der Waals surface area (Å²) < 4.78 is 31.4. The van der Waals surface area contributed by atoms with Gasteiger partial charge in [-0.25, -0.2) is 8.42 Å². The molecule has 170 valence electrons. The van der Waals surface area contributed by atoms with Crippen molar-refractivity contribution in [1.82, 2.24) is 24.6 Å². The molecular weight excluding hydrogens is 404 g/mol. The monoisotopic (exact) mass is 440 g/mol. The first-order chi connectivity index (χ1) is 14.5. The normalized spacial score (nSPS) is 22.4. The number of piperidine rings is 1. The minimum atomic E-state index is -3.38. The van der Waals surface area contributed by atoms with E-state index in [2.05, 4.69) is 32.2 Å². The number of aliphatic imine (C=N–C) groups is 1. The van der Waals surface area contributed by atoms with Crippen LogP contribution in [0.4, 0.5) is 0 Å². The Morgan fingerprint density at radius 3 is 2.70 bits per heavy atom. The molecule has 1 N–H and O–H groups in total. The summed E-state index contributed by atoms with van der Waals surface area (Å²) in [6.07, 6.45) is 7.70. The molecule has 3 rings (SSSR count). The second-order valence-corrected chi connectivity index (χ2v) is 10.2.